The van der Waals surface area contributed by atoms with Crippen molar-refractivity contribution in [1.82, 2.24) is 14.9 Å². The first-order chi connectivity index (χ1) is 8.58. The van der Waals surface area contributed by atoms with Crippen molar-refractivity contribution in [2.45, 2.75) is 39.8 Å². The fourth-order valence-electron chi connectivity index (χ4n) is 1.94. The van der Waals surface area contributed by atoms with Crippen LogP contribution in [0.5, 0.6) is 0 Å². The van der Waals surface area contributed by atoms with Gasteiger partial charge in [-0.2, -0.15) is 4.98 Å². The van der Waals surface area contributed by atoms with Crippen LogP contribution in [0.4, 0.5) is 0 Å². The topological polar surface area (TPSA) is 56.1 Å². The molecule has 1 aromatic rings. The number of hydrogen-bond acceptors (Lipinski definition) is 4. The largest absolute Gasteiger partial charge is 0.383 e. The van der Waals surface area contributed by atoms with E-state index in [4.69, 9.17) is 4.74 Å². The number of aryl methyl sites for hydroxylation is 2. The standard InChI is InChI=1S/C13H23N3O2/c1-5-6-14-12(9-18-4)8-16-11(3)7-10(2)15-13(16)17/h7,12,14H,5-6,8-9H2,1-4H3. The van der Waals surface area contributed by atoms with Crippen molar-refractivity contribution < 1.29 is 4.74 Å². The van der Waals surface area contributed by atoms with Crippen molar-refractivity contribution in [1.29, 1.82) is 0 Å². The summed E-state index contributed by atoms with van der Waals surface area (Å²) in [5, 5.41) is 3.38. The molecule has 1 unspecified atom stereocenters. The quantitative estimate of drug-likeness (QED) is 0.783. The molecular formula is C13H23N3O2. The molecule has 5 heteroatoms. The Hall–Kier alpha value is -1.20. The Morgan fingerprint density at radius 1 is 1.50 bits per heavy atom. The lowest BCUT2D eigenvalue weighted by Gasteiger charge is -2.20. The highest BCUT2D eigenvalue weighted by Crippen LogP contribution is 1.99. The van der Waals surface area contributed by atoms with Gasteiger partial charge in [0.2, 0.25) is 0 Å². The van der Waals surface area contributed by atoms with Gasteiger partial charge in [0.05, 0.1) is 6.61 Å². The molecule has 0 aliphatic rings. The van der Waals surface area contributed by atoms with Gasteiger partial charge in [-0.15, -0.1) is 0 Å². The van der Waals surface area contributed by atoms with Crippen LogP contribution in [0.25, 0.3) is 0 Å². The van der Waals surface area contributed by atoms with Gasteiger partial charge in [-0.25, -0.2) is 4.79 Å². The molecule has 5 nitrogen and oxygen atoms in total. The molecular weight excluding hydrogens is 230 g/mol. The summed E-state index contributed by atoms with van der Waals surface area (Å²) in [5.41, 5.74) is 1.51. The number of nitrogens with one attached hydrogen (secondary N) is 1. The van der Waals surface area contributed by atoms with Crippen LogP contribution < -0.4 is 11.0 Å². The Labute approximate surface area is 108 Å². The van der Waals surface area contributed by atoms with Gasteiger partial charge in [-0.3, -0.25) is 4.57 Å². The molecule has 0 saturated heterocycles. The van der Waals surface area contributed by atoms with Crippen LogP contribution in [0.1, 0.15) is 24.7 Å². The summed E-state index contributed by atoms with van der Waals surface area (Å²) in [4.78, 5) is 15.8. The van der Waals surface area contributed by atoms with Gasteiger partial charge in [-0.1, -0.05) is 6.92 Å². The molecule has 0 spiro atoms. The second kappa shape index (κ2) is 7.28. The Morgan fingerprint density at radius 2 is 2.22 bits per heavy atom. The summed E-state index contributed by atoms with van der Waals surface area (Å²) in [6.07, 6.45) is 1.06. The van der Waals surface area contributed by atoms with Crippen LogP contribution in [0.3, 0.4) is 0 Å². The van der Waals surface area contributed by atoms with E-state index in [2.05, 4.69) is 17.2 Å². The molecule has 1 atom stereocenters. The molecule has 1 heterocycles. The van der Waals surface area contributed by atoms with Crippen molar-refractivity contribution >= 4 is 0 Å². The third kappa shape index (κ3) is 4.23. The average molecular weight is 253 g/mol. The van der Waals surface area contributed by atoms with Crippen molar-refractivity contribution in [3.05, 3.63) is 27.9 Å². The van der Waals surface area contributed by atoms with Gasteiger partial charge in [0.15, 0.2) is 0 Å². The highest BCUT2D eigenvalue weighted by molar-refractivity contribution is 5.06. The molecule has 18 heavy (non-hydrogen) atoms. The normalized spacial score (nSPS) is 12.7. The number of methoxy groups -OCH3 is 1. The Bertz CT molecular complexity index is 429. The molecule has 0 aliphatic carbocycles. The number of ether oxygens (including phenoxy) is 1. The van der Waals surface area contributed by atoms with E-state index in [1.165, 1.54) is 0 Å². The molecule has 0 bridgehead atoms. The molecule has 0 radical (unpaired) electrons. The number of hydrogen-bond donors (Lipinski definition) is 1. The van der Waals surface area contributed by atoms with E-state index in [0.29, 0.717) is 13.2 Å². The third-order valence-electron chi connectivity index (χ3n) is 2.80. The summed E-state index contributed by atoms with van der Waals surface area (Å²) < 4.78 is 6.87. The SMILES string of the molecule is CCCNC(COC)Cn1c(C)cc(C)nc1=O. The van der Waals surface area contributed by atoms with E-state index in [1.807, 2.05) is 19.9 Å². The van der Waals surface area contributed by atoms with Gasteiger partial charge in [0.1, 0.15) is 0 Å². The van der Waals surface area contributed by atoms with Crippen LogP contribution in [0.2, 0.25) is 0 Å². The van der Waals surface area contributed by atoms with Crippen LogP contribution >= 0.6 is 0 Å². The molecule has 0 aliphatic heterocycles. The zero-order valence-corrected chi connectivity index (χ0v) is 11.7. The Kier molecular flexibility index (Phi) is 6.01. The molecule has 1 aromatic heterocycles. The second-order valence-corrected chi connectivity index (χ2v) is 4.54. The first-order valence-corrected chi connectivity index (χ1v) is 6.35. The van der Waals surface area contributed by atoms with Crippen molar-refractivity contribution in [3.8, 4) is 0 Å². The minimum Gasteiger partial charge on any atom is -0.383 e. The van der Waals surface area contributed by atoms with Gasteiger partial charge >= 0.3 is 5.69 Å². The van der Waals surface area contributed by atoms with Gasteiger partial charge in [0.25, 0.3) is 0 Å². The molecule has 0 saturated carbocycles. The van der Waals surface area contributed by atoms with Crippen molar-refractivity contribution in [2.24, 2.45) is 0 Å². The lowest BCUT2D eigenvalue weighted by Crippen LogP contribution is -2.41. The van der Waals surface area contributed by atoms with E-state index in [-0.39, 0.29) is 11.7 Å². The van der Waals surface area contributed by atoms with Crippen LogP contribution in [0.15, 0.2) is 10.9 Å². The molecule has 1 rings (SSSR count). The van der Waals surface area contributed by atoms with Gasteiger partial charge in [-0.05, 0) is 32.9 Å². The van der Waals surface area contributed by atoms with E-state index in [1.54, 1.807) is 11.7 Å². The maximum Gasteiger partial charge on any atom is 0.348 e. The maximum atomic E-state index is 11.9. The number of nitrogens with zero attached hydrogens (tertiary/aromatic N) is 2. The number of rotatable bonds is 7. The van der Waals surface area contributed by atoms with E-state index in [9.17, 15) is 4.79 Å². The number of aromatic nitrogens is 2. The summed E-state index contributed by atoms with van der Waals surface area (Å²) in [6, 6.07) is 2.06. The fourth-order valence-corrected chi connectivity index (χ4v) is 1.94. The van der Waals surface area contributed by atoms with Gasteiger partial charge < -0.3 is 10.1 Å². The minimum atomic E-state index is -0.188. The molecule has 0 amide bonds. The van der Waals surface area contributed by atoms with E-state index < -0.39 is 0 Å². The second-order valence-electron chi connectivity index (χ2n) is 4.54. The van der Waals surface area contributed by atoms with Crippen LogP contribution in [0, 0.1) is 13.8 Å². The summed E-state index contributed by atoms with van der Waals surface area (Å²) in [7, 11) is 1.67. The average Bonchev–Trinajstić information content (AvgIpc) is 2.30. The van der Waals surface area contributed by atoms with Crippen LogP contribution in [-0.2, 0) is 11.3 Å². The maximum absolute atomic E-state index is 11.9. The molecule has 102 valence electrons. The van der Waals surface area contributed by atoms with E-state index >= 15 is 0 Å². The minimum absolute atomic E-state index is 0.135. The van der Waals surface area contributed by atoms with E-state index in [0.717, 1.165) is 24.4 Å². The summed E-state index contributed by atoms with van der Waals surface area (Å²) >= 11 is 0. The first kappa shape index (κ1) is 14.9. The Morgan fingerprint density at radius 3 is 2.78 bits per heavy atom. The zero-order valence-electron chi connectivity index (χ0n) is 11.7. The first-order valence-electron chi connectivity index (χ1n) is 6.35. The zero-order chi connectivity index (χ0) is 13.5. The molecule has 0 fully saturated rings. The van der Waals surface area contributed by atoms with Crippen molar-refractivity contribution in [2.75, 3.05) is 20.3 Å². The summed E-state index contributed by atoms with van der Waals surface area (Å²) in [5.74, 6) is 0. The lowest BCUT2D eigenvalue weighted by atomic mass is 10.2. The molecule has 0 aromatic carbocycles. The lowest BCUT2D eigenvalue weighted by molar-refractivity contribution is 0.157. The highest BCUT2D eigenvalue weighted by atomic mass is 16.5. The fraction of sp³-hybridized carbons (Fsp3) is 0.692. The predicted octanol–water partition coefficient (Wildman–Crippen LogP) is 0.875. The summed E-state index contributed by atoms with van der Waals surface area (Å²) in [6.45, 7) is 7.97. The van der Waals surface area contributed by atoms with Crippen molar-refractivity contribution in [3.63, 3.8) is 0 Å². The third-order valence-corrected chi connectivity index (χ3v) is 2.80. The molecule has 1 N–H and O–H groups in total. The highest BCUT2D eigenvalue weighted by Gasteiger charge is 2.11. The predicted molar refractivity (Wildman–Crippen MR) is 71.9 cm³/mol. The van der Waals surface area contributed by atoms with Crippen LogP contribution in [-0.4, -0.2) is 35.9 Å². The Balaban J connectivity index is 2.83. The smallest absolute Gasteiger partial charge is 0.348 e. The van der Waals surface area contributed by atoms with Gasteiger partial charge in [0, 0.05) is 31.1 Å². The monoisotopic (exact) mass is 253 g/mol.